The van der Waals surface area contributed by atoms with E-state index in [9.17, 15) is 14.7 Å². The highest BCUT2D eigenvalue weighted by molar-refractivity contribution is 6.46. The molecule has 210 valence electrons. The van der Waals surface area contributed by atoms with Crippen molar-refractivity contribution >= 4 is 17.4 Å². The van der Waals surface area contributed by atoms with Crippen LogP contribution in [-0.2, 0) is 21.6 Å². The highest BCUT2D eigenvalue weighted by Crippen LogP contribution is 2.40. The van der Waals surface area contributed by atoms with Gasteiger partial charge in [0.15, 0.2) is 0 Å². The van der Waals surface area contributed by atoms with Gasteiger partial charge in [0.25, 0.3) is 11.7 Å². The summed E-state index contributed by atoms with van der Waals surface area (Å²) in [6.45, 7) is 10.1. The van der Waals surface area contributed by atoms with Crippen molar-refractivity contribution in [2.45, 2.75) is 52.2 Å². The van der Waals surface area contributed by atoms with Gasteiger partial charge in [0.05, 0.1) is 11.6 Å². The minimum atomic E-state index is -0.660. The van der Waals surface area contributed by atoms with Crippen LogP contribution in [-0.4, -0.2) is 53.8 Å². The molecule has 1 aliphatic rings. The van der Waals surface area contributed by atoms with Crippen molar-refractivity contribution in [2.75, 3.05) is 27.2 Å². The van der Waals surface area contributed by atoms with Crippen LogP contribution in [0.25, 0.3) is 5.76 Å². The Morgan fingerprint density at radius 2 is 1.60 bits per heavy atom. The smallest absolute Gasteiger partial charge is 0.295 e. The number of hydrogen-bond donors (Lipinski definition) is 1. The lowest BCUT2D eigenvalue weighted by Gasteiger charge is -2.27. The number of nitrogens with zero attached hydrogens (tertiary/aromatic N) is 2. The van der Waals surface area contributed by atoms with Crippen molar-refractivity contribution in [1.82, 2.24) is 9.80 Å². The van der Waals surface area contributed by atoms with Crippen LogP contribution in [0, 0.1) is 6.92 Å². The lowest BCUT2D eigenvalue weighted by molar-refractivity contribution is -0.139. The molecule has 1 heterocycles. The van der Waals surface area contributed by atoms with Gasteiger partial charge in [0.1, 0.15) is 18.1 Å². The summed E-state index contributed by atoms with van der Waals surface area (Å²) in [7, 11) is 3.95. The van der Waals surface area contributed by atoms with Crippen LogP contribution < -0.4 is 4.74 Å². The lowest BCUT2D eigenvalue weighted by atomic mass is 9.85. The second-order valence-corrected chi connectivity index (χ2v) is 11.8. The van der Waals surface area contributed by atoms with Gasteiger partial charge in [-0.15, -0.1) is 0 Å². The van der Waals surface area contributed by atoms with Crippen LogP contribution in [0.5, 0.6) is 5.75 Å². The molecule has 0 aliphatic carbocycles. The normalized spacial score (nSPS) is 17.1. The maximum atomic E-state index is 13.4. The number of amides is 1. The van der Waals surface area contributed by atoms with E-state index in [0.29, 0.717) is 30.9 Å². The van der Waals surface area contributed by atoms with Gasteiger partial charge in [-0.25, -0.2) is 0 Å². The number of hydrogen-bond acceptors (Lipinski definition) is 5. The van der Waals surface area contributed by atoms with Crippen molar-refractivity contribution in [1.29, 1.82) is 0 Å². The highest BCUT2D eigenvalue weighted by atomic mass is 16.5. The van der Waals surface area contributed by atoms with E-state index >= 15 is 0 Å². The number of rotatable bonds is 9. The molecule has 1 amide bonds. The molecule has 6 nitrogen and oxygen atoms in total. The van der Waals surface area contributed by atoms with E-state index in [1.165, 1.54) is 0 Å². The Morgan fingerprint density at radius 1 is 0.950 bits per heavy atom. The standard InChI is InChI=1S/C34H40N2O4/c1-23-10-7-8-11-26(23)22-40-28-18-14-25(15-19-28)31(37)29-30(24-12-16-27(17-13-24)34(2,3)4)36(33(39)32(29)38)21-9-20-35(5)6/h7-8,10-19,30,37H,9,20-22H2,1-6H3/b31-29+. The molecule has 40 heavy (non-hydrogen) atoms. The van der Waals surface area contributed by atoms with E-state index in [1.807, 2.05) is 74.4 Å². The van der Waals surface area contributed by atoms with Gasteiger partial charge < -0.3 is 19.6 Å². The Kier molecular flexibility index (Phi) is 8.79. The molecule has 0 spiro atoms. The molecule has 0 aromatic heterocycles. The van der Waals surface area contributed by atoms with Crippen molar-refractivity contribution in [3.8, 4) is 5.75 Å². The molecule has 6 heteroatoms. The maximum absolute atomic E-state index is 13.4. The largest absolute Gasteiger partial charge is 0.507 e. The van der Waals surface area contributed by atoms with E-state index in [-0.39, 0.29) is 16.7 Å². The quantitative estimate of drug-likeness (QED) is 0.198. The average molecular weight is 541 g/mol. The molecule has 1 unspecified atom stereocenters. The first-order chi connectivity index (χ1) is 19.0. The van der Waals surface area contributed by atoms with Crippen LogP contribution >= 0.6 is 0 Å². The summed E-state index contributed by atoms with van der Waals surface area (Å²) in [6, 6.07) is 22.4. The van der Waals surface area contributed by atoms with Gasteiger partial charge in [-0.2, -0.15) is 0 Å². The molecular formula is C34H40N2O4. The molecule has 1 atom stereocenters. The molecule has 1 N–H and O–H groups in total. The van der Waals surface area contributed by atoms with Crippen LogP contribution in [0.4, 0.5) is 0 Å². The van der Waals surface area contributed by atoms with Crippen molar-refractivity contribution in [3.05, 3.63) is 106 Å². The van der Waals surface area contributed by atoms with E-state index in [0.717, 1.165) is 28.8 Å². The number of likely N-dealkylation sites (tertiary alicyclic amines) is 1. The first-order valence-corrected chi connectivity index (χ1v) is 13.8. The third-order valence-corrected chi connectivity index (χ3v) is 7.42. The number of ether oxygens (including phenoxy) is 1. The van der Waals surface area contributed by atoms with Crippen molar-refractivity contribution in [2.24, 2.45) is 0 Å². The number of ketones is 1. The molecule has 1 aliphatic heterocycles. The Bertz CT molecular complexity index is 1380. The topological polar surface area (TPSA) is 70.1 Å². The minimum Gasteiger partial charge on any atom is -0.507 e. The second kappa shape index (κ2) is 12.1. The van der Waals surface area contributed by atoms with E-state index in [1.54, 1.807) is 29.2 Å². The fourth-order valence-corrected chi connectivity index (χ4v) is 4.98. The van der Waals surface area contributed by atoms with Gasteiger partial charge in [-0.3, -0.25) is 9.59 Å². The number of benzene rings is 3. The predicted molar refractivity (Wildman–Crippen MR) is 159 cm³/mol. The zero-order valence-corrected chi connectivity index (χ0v) is 24.4. The van der Waals surface area contributed by atoms with Gasteiger partial charge in [0, 0.05) is 12.1 Å². The maximum Gasteiger partial charge on any atom is 0.295 e. The number of aryl methyl sites for hydroxylation is 1. The molecule has 3 aromatic rings. The van der Waals surface area contributed by atoms with Gasteiger partial charge in [-0.1, -0.05) is 69.3 Å². The first-order valence-electron chi connectivity index (χ1n) is 13.8. The Hall–Kier alpha value is -3.90. The number of carbonyl (C=O) groups excluding carboxylic acids is 2. The monoisotopic (exact) mass is 540 g/mol. The van der Waals surface area contributed by atoms with Gasteiger partial charge >= 0.3 is 0 Å². The van der Waals surface area contributed by atoms with Gasteiger partial charge in [-0.05, 0) is 85.9 Å². The van der Waals surface area contributed by atoms with Crippen LogP contribution in [0.3, 0.4) is 0 Å². The highest BCUT2D eigenvalue weighted by Gasteiger charge is 2.45. The number of aliphatic hydroxyl groups excluding tert-OH is 1. The molecule has 4 rings (SSSR count). The predicted octanol–water partition coefficient (Wildman–Crippen LogP) is 6.24. The lowest BCUT2D eigenvalue weighted by Crippen LogP contribution is -2.32. The summed E-state index contributed by atoms with van der Waals surface area (Å²) >= 11 is 0. The first kappa shape index (κ1) is 29.1. The molecule has 1 saturated heterocycles. The molecule has 0 saturated carbocycles. The Morgan fingerprint density at radius 3 is 2.20 bits per heavy atom. The van der Waals surface area contributed by atoms with Crippen molar-refractivity contribution < 1.29 is 19.4 Å². The molecule has 0 radical (unpaired) electrons. The molecule has 1 fully saturated rings. The van der Waals surface area contributed by atoms with E-state index in [2.05, 4.69) is 20.8 Å². The van der Waals surface area contributed by atoms with Crippen LogP contribution in [0.2, 0.25) is 0 Å². The van der Waals surface area contributed by atoms with E-state index < -0.39 is 17.7 Å². The third-order valence-electron chi connectivity index (χ3n) is 7.42. The molecule has 3 aromatic carbocycles. The summed E-state index contributed by atoms with van der Waals surface area (Å²) in [5, 5.41) is 11.4. The fraction of sp³-hybridized carbons (Fsp3) is 0.353. The summed E-state index contributed by atoms with van der Waals surface area (Å²) < 4.78 is 5.95. The summed E-state index contributed by atoms with van der Waals surface area (Å²) in [6.07, 6.45) is 0.712. The number of aliphatic hydroxyl groups is 1. The number of carbonyl (C=O) groups is 2. The van der Waals surface area contributed by atoms with E-state index in [4.69, 9.17) is 4.74 Å². The third kappa shape index (κ3) is 6.45. The Balaban J connectivity index is 1.66. The second-order valence-electron chi connectivity index (χ2n) is 11.8. The average Bonchev–Trinajstić information content (AvgIpc) is 3.17. The summed E-state index contributed by atoms with van der Waals surface area (Å²) in [4.78, 5) is 30.2. The summed E-state index contributed by atoms with van der Waals surface area (Å²) in [5.41, 5.74) is 4.76. The minimum absolute atomic E-state index is 0.0327. The zero-order valence-electron chi connectivity index (χ0n) is 24.4. The van der Waals surface area contributed by atoms with Gasteiger partial charge in [0.2, 0.25) is 0 Å². The Labute approximate surface area is 237 Å². The number of Topliss-reactive ketones (excluding diaryl/α,β-unsaturated/α-hetero) is 1. The zero-order chi connectivity index (χ0) is 29.0. The molecular weight excluding hydrogens is 500 g/mol. The van der Waals surface area contributed by atoms with Crippen LogP contribution in [0.1, 0.15) is 61.1 Å². The fourth-order valence-electron chi connectivity index (χ4n) is 4.98. The van der Waals surface area contributed by atoms with Crippen LogP contribution in [0.15, 0.2) is 78.4 Å². The molecule has 0 bridgehead atoms. The summed E-state index contributed by atoms with van der Waals surface area (Å²) in [5.74, 6) is -0.766. The van der Waals surface area contributed by atoms with Crippen molar-refractivity contribution in [3.63, 3.8) is 0 Å². The SMILES string of the molecule is Cc1ccccc1COc1ccc(/C(O)=C2\C(=O)C(=O)N(CCCN(C)C)C2c2ccc(C(C)(C)C)cc2)cc1.